The molecule has 1 aliphatic heterocycles. The lowest BCUT2D eigenvalue weighted by molar-refractivity contribution is 0.0690. The number of halogens is 2. The summed E-state index contributed by atoms with van der Waals surface area (Å²) in [7, 11) is 0. The van der Waals surface area contributed by atoms with Crippen LogP contribution in [0.3, 0.4) is 0 Å². The lowest BCUT2D eigenvalue weighted by Gasteiger charge is -2.33. The van der Waals surface area contributed by atoms with Gasteiger partial charge >= 0.3 is 0 Å². The number of rotatable bonds is 3. The maximum atomic E-state index is 12.6. The van der Waals surface area contributed by atoms with Gasteiger partial charge in [-0.3, -0.25) is 9.69 Å². The van der Waals surface area contributed by atoms with Gasteiger partial charge in [-0.2, -0.15) is 0 Å². The van der Waals surface area contributed by atoms with Crippen molar-refractivity contribution >= 4 is 37.6 Å². The van der Waals surface area contributed by atoms with E-state index in [0.717, 1.165) is 27.6 Å². The van der Waals surface area contributed by atoms with E-state index in [2.05, 4.69) is 50.6 Å². The lowest BCUT2D eigenvalue weighted by atomic mass is 9.98. The van der Waals surface area contributed by atoms with E-state index in [0.29, 0.717) is 17.9 Å². The Hall–Kier alpha value is -0.390. The third-order valence-corrected chi connectivity index (χ3v) is 5.39. The summed E-state index contributed by atoms with van der Waals surface area (Å²) in [4.78, 5) is 14.8. The molecule has 0 saturated heterocycles. The van der Waals surface area contributed by atoms with Gasteiger partial charge in [0.15, 0.2) is 5.78 Å². The fourth-order valence-corrected chi connectivity index (χ4v) is 3.61. The summed E-state index contributed by atoms with van der Waals surface area (Å²) in [6.45, 7) is 8.23. The van der Waals surface area contributed by atoms with Crippen molar-refractivity contribution in [1.82, 2.24) is 4.90 Å². The average molecular weight is 391 g/mol. The minimum absolute atomic E-state index is 0.145. The van der Waals surface area contributed by atoms with Crippen molar-refractivity contribution in [3.05, 3.63) is 26.1 Å². The smallest absolute Gasteiger partial charge is 0.187 e. The van der Waals surface area contributed by atoms with E-state index in [4.69, 9.17) is 4.74 Å². The maximum Gasteiger partial charge on any atom is 0.187 e. The van der Waals surface area contributed by atoms with E-state index in [-0.39, 0.29) is 11.8 Å². The molecular formula is C14H17Br2NO2. The number of hydrogen-bond acceptors (Lipinski definition) is 3. The third kappa shape index (κ3) is 2.60. The highest BCUT2D eigenvalue weighted by Crippen LogP contribution is 2.39. The standard InChI is InChI=1S/C14H17Br2NO2/c1-4-17(5-2)11-7-19-14-9(13(11)18)6-10(15)8(3)12(14)16/h6,11H,4-5,7H2,1-3H3/t11-/m1/s1. The molecule has 0 spiro atoms. The number of benzene rings is 1. The molecule has 0 aliphatic carbocycles. The second kappa shape index (κ2) is 5.94. The number of hydrogen-bond donors (Lipinski definition) is 0. The van der Waals surface area contributed by atoms with Crippen LogP contribution < -0.4 is 4.74 Å². The topological polar surface area (TPSA) is 29.5 Å². The first kappa shape index (κ1) is 15.0. The lowest BCUT2D eigenvalue weighted by Crippen LogP contribution is -2.47. The van der Waals surface area contributed by atoms with Crippen molar-refractivity contribution in [2.24, 2.45) is 0 Å². The number of nitrogens with zero attached hydrogens (tertiary/aromatic N) is 1. The second-order valence-corrected chi connectivity index (χ2v) is 6.23. The molecule has 0 bridgehead atoms. The van der Waals surface area contributed by atoms with Crippen LogP contribution in [-0.4, -0.2) is 36.4 Å². The first-order valence-corrected chi connectivity index (χ1v) is 7.99. The van der Waals surface area contributed by atoms with Crippen LogP contribution in [0.1, 0.15) is 29.8 Å². The monoisotopic (exact) mass is 389 g/mol. The van der Waals surface area contributed by atoms with Gasteiger partial charge in [0.05, 0.1) is 10.0 Å². The summed E-state index contributed by atoms with van der Waals surface area (Å²) in [5.41, 5.74) is 1.71. The average Bonchev–Trinajstić information content (AvgIpc) is 2.41. The van der Waals surface area contributed by atoms with E-state index >= 15 is 0 Å². The van der Waals surface area contributed by atoms with Crippen molar-refractivity contribution in [3.8, 4) is 5.75 Å². The van der Waals surface area contributed by atoms with Crippen LogP contribution >= 0.6 is 31.9 Å². The Balaban J connectivity index is 2.44. The Bertz CT molecular complexity index is 513. The second-order valence-electron chi connectivity index (χ2n) is 4.59. The first-order chi connectivity index (χ1) is 9.01. The zero-order valence-corrected chi connectivity index (χ0v) is 14.5. The van der Waals surface area contributed by atoms with Gasteiger partial charge in [-0.25, -0.2) is 0 Å². The number of ether oxygens (including phenoxy) is 1. The van der Waals surface area contributed by atoms with E-state index in [9.17, 15) is 4.79 Å². The molecule has 0 N–H and O–H groups in total. The fraction of sp³-hybridized carbons (Fsp3) is 0.500. The molecule has 0 saturated carbocycles. The quantitative estimate of drug-likeness (QED) is 0.785. The van der Waals surface area contributed by atoms with Crippen LogP contribution in [-0.2, 0) is 0 Å². The molecule has 5 heteroatoms. The van der Waals surface area contributed by atoms with Crippen LogP contribution in [0.5, 0.6) is 5.75 Å². The molecule has 3 nitrogen and oxygen atoms in total. The Labute approximate surface area is 130 Å². The van der Waals surface area contributed by atoms with E-state index in [1.807, 2.05) is 13.0 Å². The van der Waals surface area contributed by atoms with Gasteiger partial charge in [-0.15, -0.1) is 0 Å². The van der Waals surface area contributed by atoms with Gasteiger partial charge in [-0.1, -0.05) is 29.8 Å². The summed E-state index contributed by atoms with van der Waals surface area (Å²) in [6, 6.07) is 1.69. The zero-order valence-electron chi connectivity index (χ0n) is 11.3. The SMILES string of the molecule is CCN(CC)[C@@H]1COc2c(cc(Br)c(C)c2Br)C1=O. The van der Waals surface area contributed by atoms with Gasteiger partial charge in [0.2, 0.25) is 0 Å². The van der Waals surface area contributed by atoms with Crippen molar-refractivity contribution < 1.29 is 9.53 Å². The molecule has 0 fully saturated rings. The van der Waals surface area contributed by atoms with Crippen molar-refractivity contribution in [1.29, 1.82) is 0 Å². The van der Waals surface area contributed by atoms with Crippen LogP contribution in [0.4, 0.5) is 0 Å². The van der Waals surface area contributed by atoms with E-state index < -0.39 is 0 Å². The first-order valence-electron chi connectivity index (χ1n) is 6.40. The maximum absolute atomic E-state index is 12.6. The number of fused-ring (bicyclic) bond motifs is 1. The van der Waals surface area contributed by atoms with Crippen LogP contribution in [0.15, 0.2) is 15.0 Å². The molecule has 0 aromatic heterocycles. The minimum atomic E-state index is -0.177. The van der Waals surface area contributed by atoms with Gasteiger partial charge in [0.1, 0.15) is 18.4 Å². The molecule has 1 atom stereocenters. The predicted molar refractivity (Wildman–Crippen MR) is 83.1 cm³/mol. The molecule has 1 heterocycles. The molecule has 1 aliphatic rings. The van der Waals surface area contributed by atoms with Crippen LogP contribution in [0, 0.1) is 6.92 Å². The van der Waals surface area contributed by atoms with Crippen LogP contribution in [0.25, 0.3) is 0 Å². The molecule has 19 heavy (non-hydrogen) atoms. The molecule has 0 radical (unpaired) electrons. The Kier molecular flexibility index (Phi) is 4.69. The molecule has 0 amide bonds. The molecule has 1 aromatic carbocycles. The summed E-state index contributed by atoms with van der Waals surface area (Å²) >= 11 is 7.01. The molecule has 1 aromatic rings. The number of likely N-dealkylation sites (N-methyl/N-ethyl adjacent to an activating group) is 1. The number of ketones is 1. The Morgan fingerprint density at radius 2 is 2.00 bits per heavy atom. The van der Waals surface area contributed by atoms with Crippen molar-refractivity contribution in [2.45, 2.75) is 26.8 Å². The van der Waals surface area contributed by atoms with Crippen LogP contribution in [0.2, 0.25) is 0 Å². The number of carbonyl (C=O) groups excluding carboxylic acids is 1. The normalized spacial score (nSPS) is 18.4. The van der Waals surface area contributed by atoms with Gasteiger partial charge in [0.25, 0.3) is 0 Å². The summed E-state index contributed by atoms with van der Waals surface area (Å²) in [5, 5.41) is 0. The predicted octanol–water partition coefficient (Wildman–Crippen LogP) is 3.81. The van der Waals surface area contributed by atoms with Crippen molar-refractivity contribution in [2.75, 3.05) is 19.7 Å². The molecule has 0 unspecified atom stereocenters. The van der Waals surface area contributed by atoms with E-state index in [1.165, 1.54) is 0 Å². The Morgan fingerprint density at radius 1 is 1.37 bits per heavy atom. The summed E-state index contributed by atoms with van der Waals surface area (Å²) < 4.78 is 7.62. The third-order valence-electron chi connectivity index (χ3n) is 3.61. The largest absolute Gasteiger partial charge is 0.489 e. The van der Waals surface area contributed by atoms with Crippen molar-refractivity contribution in [3.63, 3.8) is 0 Å². The fourth-order valence-electron chi connectivity index (χ4n) is 2.37. The molecule has 2 rings (SSSR count). The van der Waals surface area contributed by atoms with Gasteiger partial charge in [0, 0.05) is 4.47 Å². The Morgan fingerprint density at radius 3 is 2.58 bits per heavy atom. The number of carbonyl (C=O) groups is 1. The molecule has 104 valence electrons. The highest BCUT2D eigenvalue weighted by Gasteiger charge is 2.34. The summed E-state index contributed by atoms with van der Waals surface area (Å²) in [5.74, 6) is 0.820. The molecular weight excluding hydrogens is 374 g/mol. The van der Waals surface area contributed by atoms with Gasteiger partial charge in [-0.05, 0) is 47.6 Å². The van der Waals surface area contributed by atoms with E-state index in [1.54, 1.807) is 0 Å². The highest BCUT2D eigenvalue weighted by molar-refractivity contribution is 9.11. The highest BCUT2D eigenvalue weighted by atomic mass is 79.9. The number of Topliss-reactive ketones (excluding diaryl/α,β-unsaturated/α-hetero) is 1. The minimum Gasteiger partial charge on any atom is -0.489 e. The zero-order chi connectivity index (χ0) is 14.2. The summed E-state index contributed by atoms with van der Waals surface area (Å²) in [6.07, 6.45) is 0. The van der Waals surface area contributed by atoms with Gasteiger partial charge < -0.3 is 4.74 Å².